The van der Waals surface area contributed by atoms with Crippen molar-refractivity contribution in [2.75, 3.05) is 29.9 Å². The fraction of sp³-hybridized carbons (Fsp3) is 0.391. The van der Waals surface area contributed by atoms with Gasteiger partial charge in [-0.1, -0.05) is 26.0 Å². The first-order chi connectivity index (χ1) is 14.9. The molecule has 2 aromatic rings. The van der Waals surface area contributed by atoms with Crippen LogP contribution in [0.2, 0.25) is 0 Å². The topological polar surface area (TPSA) is 102 Å². The molecule has 1 atom stereocenters. The minimum absolute atomic E-state index is 0.0420. The van der Waals surface area contributed by atoms with Crippen molar-refractivity contribution in [3.63, 3.8) is 0 Å². The lowest BCUT2D eigenvalue weighted by Crippen LogP contribution is -2.21. The van der Waals surface area contributed by atoms with Gasteiger partial charge in [0.2, 0.25) is 0 Å². The number of nitrogens with one attached hydrogen (secondary N) is 1. The zero-order valence-electron chi connectivity index (χ0n) is 17.8. The molecule has 1 heterocycles. The Bertz CT molecular complexity index is 952. The highest BCUT2D eigenvalue weighted by Gasteiger charge is 2.24. The maximum Gasteiger partial charge on any atom is 0.338 e. The number of nitro benzene ring substituents is 1. The van der Waals surface area contributed by atoms with Crippen LogP contribution in [0.15, 0.2) is 42.5 Å². The first-order valence-corrected chi connectivity index (χ1v) is 10.5. The Balaban J connectivity index is 1.59. The molecule has 3 rings (SSSR count). The first-order valence-electron chi connectivity index (χ1n) is 10.5. The molecule has 1 aliphatic heterocycles. The Morgan fingerprint density at radius 2 is 1.84 bits per heavy atom. The highest BCUT2D eigenvalue weighted by molar-refractivity contribution is 5.96. The monoisotopic (exact) mass is 425 g/mol. The van der Waals surface area contributed by atoms with Crippen molar-refractivity contribution in [2.45, 2.75) is 39.0 Å². The maximum absolute atomic E-state index is 12.3. The number of nitro groups is 1. The summed E-state index contributed by atoms with van der Waals surface area (Å²) in [4.78, 5) is 37.4. The second-order valence-corrected chi connectivity index (χ2v) is 7.71. The van der Waals surface area contributed by atoms with E-state index in [0.29, 0.717) is 17.3 Å². The van der Waals surface area contributed by atoms with E-state index in [1.165, 1.54) is 17.7 Å². The fourth-order valence-corrected chi connectivity index (χ4v) is 3.56. The van der Waals surface area contributed by atoms with E-state index in [1.54, 1.807) is 6.07 Å². The molecule has 2 aromatic carbocycles. The molecule has 0 aliphatic carbocycles. The Kier molecular flexibility index (Phi) is 7.23. The van der Waals surface area contributed by atoms with E-state index in [4.69, 9.17) is 4.74 Å². The molecular weight excluding hydrogens is 398 g/mol. The molecule has 0 bridgehead atoms. The van der Waals surface area contributed by atoms with Gasteiger partial charge in [-0.25, -0.2) is 4.79 Å². The van der Waals surface area contributed by atoms with Gasteiger partial charge in [0, 0.05) is 24.8 Å². The minimum Gasteiger partial charge on any atom is -0.452 e. The Morgan fingerprint density at radius 3 is 2.45 bits per heavy atom. The zero-order chi connectivity index (χ0) is 22.4. The number of carbonyl (C=O) groups excluding carboxylic acids is 2. The van der Waals surface area contributed by atoms with Crippen LogP contribution in [0.25, 0.3) is 0 Å². The van der Waals surface area contributed by atoms with Crippen molar-refractivity contribution in [3.8, 4) is 0 Å². The Labute approximate surface area is 181 Å². The van der Waals surface area contributed by atoms with E-state index < -0.39 is 23.4 Å². The third kappa shape index (κ3) is 5.59. The molecule has 1 aliphatic rings. The SMILES string of the molecule is CC[C@H](C)c1ccc(NC(=O)COC(=O)c2ccc(N3CCCC3)c([N+](=O)[O-])c2)cc1. The van der Waals surface area contributed by atoms with E-state index >= 15 is 0 Å². The van der Waals surface area contributed by atoms with E-state index in [2.05, 4.69) is 19.2 Å². The van der Waals surface area contributed by atoms with Crippen LogP contribution in [0.3, 0.4) is 0 Å². The number of rotatable bonds is 8. The number of nitrogens with zero attached hydrogens (tertiary/aromatic N) is 2. The van der Waals surface area contributed by atoms with Gasteiger partial charge >= 0.3 is 5.97 Å². The third-order valence-electron chi connectivity index (χ3n) is 5.56. The van der Waals surface area contributed by atoms with Gasteiger partial charge < -0.3 is 15.0 Å². The molecule has 1 amide bonds. The summed E-state index contributed by atoms with van der Waals surface area (Å²) >= 11 is 0. The van der Waals surface area contributed by atoms with Crippen LogP contribution in [0, 0.1) is 10.1 Å². The molecule has 1 fully saturated rings. The molecular formula is C23H27N3O5. The van der Waals surface area contributed by atoms with E-state index in [9.17, 15) is 19.7 Å². The molecule has 0 saturated carbocycles. The number of benzene rings is 2. The molecule has 0 spiro atoms. The van der Waals surface area contributed by atoms with Crippen LogP contribution in [0.1, 0.15) is 54.9 Å². The summed E-state index contributed by atoms with van der Waals surface area (Å²) < 4.78 is 5.05. The average Bonchev–Trinajstić information content (AvgIpc) is 3.31. The van der Waals surface area contributed by atoms with Crippen molar-refractivity contribution in [2.24, 2.45) is 0 Å². The maximum atomic E-state index is 12.3. The molecule has 31 heavy (non-hydrogen) atoms. The standard InChI is InChI=1S/C23H27N3O5/c1-3-16(2)17-6-9-19(10-7-17)24-22(27)15-31-23(28)18-8-11-20(21(14-18)26(29)30)25-12-4-5-13-25/h6-11,14,16H,3-5,12-13,15H2,1-2H3,(H,24,27)/t16-/m0/s1. The summed E-state index contributed by atoms with van der Waals surface area (Å²) in [5.41, 5.74) is 2.20. The van der Waals surface area contributed by atoms with Crippen molar-refractivity contribution in [3.05, 3.63) is 63.7 Å². The number of hydrogen-bond donors (Lipinski definition) is 1. The summed E-state index contributed by atoms with van der Waals surface area (Å²) in [5, 5.41) is 14.1. The normalized spacial score (nSPS) is 14.2. The van der Waals surface area contributed by atoms with Crippen LogP contribution >= 0.6 is 0 Å². The minimum atomic E-state index is -0.779. The van der Waals surface area contributed by atoms with Crippen LogP contribution in [0.5, 0.6) is 0 Å². The number of carbonyl (C=O) groups is 2. The van der Waals surface area contributed by atoms with Crippen LogP contribution in [0.4, 0.5) is 17.1 Å². The molecule has 8 nitrogen and oxygen atoms in total. The molecule has 1 saturated heterocycles. The fourth-order valence-electron chi connectivity index (χ4n) is 3.56. The van der Waals surface area contributed by atoms with Gasteiger partial charge in [-0.3, -0.25) is 14.9 Å². The van der Waals surface area contributed by atoms with Gasteiger partial charge in [0.15, 0.2) is 6.61 Å². The number of ether oxygens (including phenoxy) is 1. The first kappa shape index (κ1) is 22.3. The predicted octanol–water partition coefficient (Wildman–Crippen LogP) is 4.50. The van der Waals surface area contributed by atoms with Crippen molar-refractivity contribution in [1.82, 2.24) is 0 Å². The number of amides is 1. The van der Waals surface area contributed by atoms with Gasteiger partial charge in [-0.05, 0) is 55.0 Å². The highest BCUT2D eigenvalue weighted by atomic mass is 16.6. The van der Waals surface area contributed by atoms with Crippen molar-refractivity contribution in [1.29, 1.82) is 0 Å². The largest absolute Gasteiger partial charge is 0.452 e. The highest BCUT2D eigenvalue weighted by Crippen LogP contribution is 2.31. The predicted molar refractivity (Wildman–Crippen MR) is 119 cm³/mol. The van der Waals surface area contributed by atoms with E-state index in [-0.39, 0.29) is 11.3 Å². The molecule has 0 aromatic heterocycles. The Morgan fingerprint density at radius 1 is 1.16 bits per heavy atom. The number of hydrogen-bond acceptors (Lipinski definition) is 6. The van der Waals surface area contributed by atoms with Gasteiger partial charge in [-0.2, -0.15) is 0 Å². The van der Waals surface area contributed by atoms with Gasteiger partial charge in [-0.15, -0.1) is 0 Å². The molecule has 1 N–H and O–H groups in total. The lowest BCUT2D eigenvalue weighted by atomic mass is 9.99. The van der Waals surface area contributed by atoms with E-state index in [1.807, 2.05) is 29.2 Å². The van der Waals surface area contributed by atoms with Crippen molar-refractivity contribution >= 4 is 28.9 Å². The lowest BCUT2D eigenvalue weighted by Gasteiger charge is -2.17. The second kappa shape index (κ2) is 10.1. The van der Waals surface area contributed by atoms with E-state index in [0.717, 1.165) is 32.4 Å². The number of esters is 1. The summed E-state index contributed by atoms with van der Waals surface area (Å²) in [6.07, 6.45) is 2.99. The van der Waals surface area contributed by atoms with Crippen molar-refractivity contribution < 1.29 is 19.2 Å². The quantitative estimate of drug-likeness (QED) is 0.379. The van der Waals surface area contributed by atoms with Crippen LogP contribution in [-0.2, 0) is 9.53 Å². The molecule has 8 heteroatoms. The third-order valence-corrected chi connectivity index (χ3v) is 5.56. The van der Waals surface area contributed by atoms with Gasteiger partial charge in [0.25, 0.3) is 11.6 Å². The van der Waals surface area contributed by atoms with Crippen LogP contribution < -0.4 is 10.2 Å². The van der Waals surface area contributed by atoms with Gasteiger partial charge in [0.05, 0.1) is 10.5 Å². The van der Waals surface area contributed by atoms with Crippen LogP contribution in [-0.4, -0.2) is 36.5 Å². The van der Waals surface area contributed by atoms with Gasteiger partial charge in [0.1, 0.15) is 5.69 Å². The second-order valence-electron chi connectivity index (χ2n) is 7.71. The summed E-state index contributed by atoms with van der Waals surface area (Å²) in [6, 6.07) is 11.8. The molecule has 164 valence electrons. The summed E-state index contributed by atoms with van der Waals surface area (Å²) in [7, 11) is 0. The zero-order valence-corrected chi connectivity index (χ0v) is 17.8. The molecule has 0 radical (unpaired) electrons. The Hall–Kier alpha value is -3.42. The smallest absolute Gasteiger partial charge is 0.338 e. The summed E-state index contributed by atoms with van der Waals surface area (Å²) in [5.74, 6) is -0.821. The lowest BCUT2D eigenvalue weighted by molar-refractivity contribution is -0.384. The number of anilines is 2. The average molecular weight is 425 g/mol. The molecule has 0 unspecified atom stereocenters. The summed E-state index contributed by atoms with van der Waals surface area (Å²) in [6.45, 7) is 5.28.